The van der Waals surface area contributed by atoms with Gasteiger partial charge in [0.25, 0.3) is 0 Å². The Morgan fingerprint density at radius 1 is 0.717 bits per heavy atom. The lowest BCUT2D eigenvalue weighted by molar-refractivity contribution is -0.192. The van der Waals surface area contributed by atoms with Crippen LogP contribution in [-0.4, -0.2) is 153 Å². The lowest BCUT2D eigenvalue weighted by Crippen LogP contribution is -2.50. The monoisotopic (exact) mass is 894 g/mol. The van der Waals surface area contributed by atoms with Gasteiger partial charge in [-0.2, -0.15) is 24.9 Å². The van der Waals surface area contributed by atoms with E-state index >= 15 is 0 Å². The van der Waals surface area contributed by atoms with Gasteiger partial charge >= 0.3 is 30.1 Å². The molecular formula is C39H73F3N4O13S. The Morgan fingerprint density at radius 3 is 1.70 bits per heavy atom. The number of alkyl halides is 3. The average Bonchev–Trinajstić information content (AvgIpc) is 3.20. The van der Waals surface area contributed by atoms with E-state index in [1.54, 1.807) is 0 Å². The number of nitrogens with two attached hydrogens (primary N) is 2. The zero-order chi connectivity index (χ0) is 45.3. The van der Waals surface area contributed by atoms with Gasteiger partial charge in [-0.15, -0.1) is 0 Å². The Hall–Kier alpha value is -2.79. The van der Waals surface area contributed by atoms with Crippen molar-refractivity contribution in [2.24, 2.45) is 11.5 Å². The van der Waals surface area contributed by atoms with Crippen molar-refractivity contribution in [3.63, 3.8) is 0 Å². The van der Waals surface area contributed by atoms with Crippen molar-refractivity contribution in [3.05, 3.63) is 0 Å². The third-order valence-corrected chi connectivity index (χ3v) is 9.54. The van der Waals surface area contributed by atoms with E-state index in [2.05, 4.69) is 17.6 Å². The Balaban J connectivity index is 0. The summed E-state index contributed by atoms with van der Waals surface area (Å²) in [6, 6.07) is -2.52. The summed E-state index contributed by atoms with van der Waals surface area (Å²) in [7, 11) is 0. The molecule has 0 saturated carbocycles. The molecule has 354 valence electrons. The van der Waals surface area contributed by atoms with E-state index in [0.717, 1.165) is 25.7 Å². The number of hydrogen-bond acceptors (Lipinski definition) is 15. The predicted octanol–water partition coefficient (Wildman–Crippen LogP) is 3.56. The molecule has 0 aliphatic rings. The highest BCUT2D eigenvalue weighted by Gasteiger charge is 2.38. The third kappa shape index (κ3) is 40.6. The van der Waals surface area contributed by atoms with Crippen molar-refractivity contribution >= 4 is 41.5 Å². The minimum absolute atomic E-state index is 0.0271. The van der Waals surface area contributed by atoms with Gasteiger partial charge in [0.15, 0.2) is 0 Å². The molecule has 0 rings (SSSR count). The summed E-state index contributed by atoms with van der Waals surface area (Å²) in [5.74, 6) is -5.46. The maximum atomic E-state index is 12.7. The second-order valence-corrected chi connectivity index (χ2v) is 14.9. The molecule has 0 bridgehead atoms. The average molecular weight is 895 g/mol. The van der Waals surface area contributed by atoms with Gasteiger partial charge in [-0.25, -0.2) is 9.59 Å². The number of aliphatic hydroxyl groups excluding tert-OH is 1. The smallest absolute Gasteiger partial charge is 0.480 e. The van der Waals surface area contributed by atoms with Crippen LogP contribution in [0.25, 0.3) is 0 Å². The summed E-state index contributed by atoms with van der Waals surface area (Å²) in [4.78, 5) is 57.3. The molecule has 0 aromatic heterocycles. The number of amides is 1. The largest absolute Gasteiger partial charge is 0.490 e. The third-order valence-electron chi connectivity index (χ3n) is 8.34. The predicted molar refractivity (Wildman–Crippen MR) is 220 cm³/mol. The maximum Gasteiger partial charge on any atom is 0.490 e. The van der Waals surface area contributed by atoms with Crippen LogP contribution in [0.3, 0.4) is 0 Å². The van der Waals surface area contributed by atoms with Gasteiger partial charge in [0.05, 0.1) is 45.6 Å². The summed E-state index contributed by atoms with van der Waals surface area (Å²) in [5.41, 5.74) is 11.3. The summed E-state index contributed by atoms with van der Waals surface area (Å²) in [6.45, 7) is 5.52. The highest BCUT2D eigenvalue weighted by molar-refractivity contribution is 7.99. The second kappa shape index (κ2) is 41.6. The van der Waals surface area contributed by atoms with Crippen molar-refractivity contribution in [1.82, 2.24) is 10.6 Å². The van der Waals surface area contributed by atoms with Crippen molar-refractivity contribution in [1.29, 1.82) is 0 Å². The van der Waals surface area contributed by atoms with E-state index in [4.69, 9.17) is 55.3 Å². The number of carboxylic acids is 2. The molecule has 0 aliphatic carbocycles. The van der Waals surface area contributed by atoms with Gasteiger partial charge in [0, 0.05) is 31.1 Å². The van der Waals surface area contributed by atoms with Crippen molar-refractivity contribution in [2.75, 3.05) is 84.0 Å². The molecule has 0 unspecified atom stereocenters. The summed E-state index contributed by atoms with van der Waals surface area (Å²) < 4.78 is 59.1. The standard InChI is InChI=1S/C37H72N4O11S.C2HF3O2/c1-2-3-4-5-6-7-8-9-10-11-12-13-14-17-34(43)52-31(29-53-30-32(39)36(45)41-33(27-42)37(46)47)28-51-35(44)26-40-19-16-21-49-23-25-50-24-22-48-20-15-18-38;3-2(4,5)1(6)7/h31-33,40,42H,2-30,38-39H2,1H3,(H,41,45)(H,46,47);(H,6,7)/t31-,32+,33+;/m1./s1. The molecular weight excluding hydrogens is 822 g/mol. The first-order chi connectivity index (χ1) is 28.7. The number of aliphatic carboxylic acids is 2. The normalized spacial score (nSPS) is 12.8. The Bertz CT molecular complexity index is 1100. The topological polar surface area (TPSA) is 268 Å². The number of unbranched alkanes of at least 4 members (excludes halogenated alkanes) is 12. The van der Waals surface area contributed by atoms with E-state index in [9.17, 15) is 32.3 Å². The number of esters is 2. The fraction of sp³-hybridized carbons (Fsp3) is 0.872. The molecule has 0 aromatic carbocycles. The van der Waals surface area contributed by atoms with Crippen LogP contribution in [0.1, 0.15) is 110 Å². The van der Waals surface area contributed by atoms with Crippen LogP contribution in [0.4, 0.5) is 13.2 Å². The molecule has 0 fully saturated rings. The molecule has 21 heteroatoms. The minimum atomic E-state index is -5.08. The Kier molecular flexibility index (Phi) is 41.1. The number of nitrogens with one attached hydrogen (secondary N) is 2. The summed E-state index contributed by atoms with van der Waals surface area (Å²) in [5, 5.41) is 30.5. The lowest BCUT2D eigenvalue weighted by atomic mass is 10.0. The number of carbonyl (C=O) groups is 5. The van der Waals surface area contributed by atoms with Crippen LogP contribution >= 0.6 is 11.8 Å². The van der Waals surface area contributed by atoms with Crippen LogP contribution < -0.4 is 22.1 Å². The van der Waals surface area contributed by atoms with Crippen LogP contribution in [0, 0.1) is 0 Å². The van der Waals surface area contributed by atoms with Crippen molar-refractivity contribution in [3.8, 4) is 0 Å². The zero-order valence-electron chi connectivity index (χ0n) is 35.4. The number of rotatable bonds is 40. The van der Waals surface area contributed by atoms with Gasteiger partial charge in [-0.3, -0.25) is 14.4 Å². The molecule has 1 amide bonds. The van der Waals surface area contributed by atoms with Crippen LogP contribution in [-0.2, 0) is 47.7 Å². The number of aliphatic hydroxyl groups is 1. The van der Waals surface area contributed by atoms with E-state index in [-0.39, 0.29) is 37.0 Å². The highest BCUT2D eigenvalue weighted by atomic mass is 32.2. The molecule has 3 atom stereocenters. The molecule has 0 aromatic rings. The molecule has 0 heterocycles. The zero-order valence-corrected chi connectivity index (χ0v) is 36.2. The number of carbonyl (C=O) groups excluding carboxylic acids is 3. The fourth-order valence-electron chi connectivity index (χ4n) is 4.97. The van der Waals surface area contributed by atoms with Crippen LogP contribution in [0.15, 0.2) is 0 Å². The Labute approximate surface area is 357 Å². The quantitative estimate of drug-likeness (QED) is 0.0342. The number of carboxylic acid groups (broad SMARTS) is 2. The first kappa shape index (κ1) is 59.3. The number of ether oxygens (including phenoxy) is 5. The van der Waals surface area contributed by atoms with E-state index in [1.165, 1.54) is 69.5 Å². The van der Waals surface area contributed by atoms with Crippen molar-refractivity contribution in [2.45, 2.75) is 134 Å². The lowest BCUT2D eigenvalue weighted by Gasteiger charge is -2.19. The number of thioether (sulfide) groups is 1. The molecule has 0 saturated heterocycles. The summed E-state index contributed by atoms with van der Waals surface area (Å²) >= 11 is 1.21. The van der Waals surface area contributed by atoms with Crippen LogP contribution in [0.5, 0.6) is 0 Å². The van der Waals surface area contributed by atoms with Gasteiger partial charge in [-0.1, -0.05) is 84.0 Å². The van der Waals surface area contributed by atoms with E-state index in [1.807, 2.05) is 0 Å². The molecule has 17 nitrogen and oxygen atoms in total. The summed E-state index contributed by atoms with van der Waals surface area (Å²) in [6.07, 6.45) is 11.5. The number of hydrogen-bond donors (Lipinski definition) is 7. The highest BCUT2D eigenvalue weighted by Crippen LogP contribution is 2.15. The van der Waals surface area contributed by atoms with Gasteiger partial charge in [0.2, 0.25) is 5.91 Å². The molecule has 0 aliphatic heterocycles. The van der Waals surface area contributed by atoms with Crippen LogP contribution in [0.2, 0.25) is 0 Å². The fourth-order valence-corrected chi connectivity index (χ4v) is 5.94. The van der Waals surface area contributed by atoms with Crippen molar-refractivity contribution < 1.29 is 76.1 Å². The van der Waals surface area contributed by atoms with E-state index < -0.39 is 54.8 Å². The van der Waals surface area contributed by atoms with Gasteiger partial charge in [0.1, 0.15) is 18.8 Å². The Morgan fingerprint density at radius 2 is 1.22 bits per heavy atom. The molecule has 60 heavy (non-hydrogen) atoms. The molecule has 0 radical (unpaired) electrons. The van der Waals surface area contributed by atoms with E-state index in [0.29, 0.717) is 65.6 Å². The first-order valence-electron chi connectivity index (χ1n) is 21.0. The first-order valence-corrected chi connectivity index (χ1v) is 22.1. The van der Waals surface area contributed by atoms with Gasteiger partial charge in [-0.05, 0) is 32.4 Å². The molecule has 9 N–H and O–H groups in total. The number of halogens is 3. The second-order valence-electron chi connectivity index (χ2n) is 13.8. The minimum Gasteiger partial charge on any atom is -0.480 e. The molecule has 0 spiro atoms. The SMILES string of the molecule is CCCCCCCCCCCCCCCC(=O)O[C@H](COC(=O)CNCCCOCCOCCOCCCN)CSC[C@H](N)C(=O)N[C@@H](CO)C(=O)O.O=C(O)C(F)(F)F. The van der Waals surface area contributed by atoms with Gasteiger partial charge < -0.3 is 61.1 Å². The maximum absolute atomic E-state index is 12.7.